The maximum absolute atomic E-state index is 12.5. The summed E-state index contributed by atoms with van der Waals surface area (Å²) in [5.74, 6) is 0. The monoisotopic (exact) mass is 366 g/mol. The molecule has 0 aliphatic rings. The molecule has 21 heavy (non-hydrogen) atoms. The molecule has 0 fully saturated rings. The van der Waals surface area contributed by atoms with Crippen molar-refractivity contribution >= 4 is 15.9 Å². The van der Waals surface area contributed by atoms with Crippen molar-refractivity contribution in [3.8, 4) is 0 Å². The van der Waals surface area contributed by atoms with Crippen molar-refractivity contribution in [1.29, 1.82) is 0 Å². The van der Waals surface area contributed by atoms with Crippen molar-refractivity contribution in [2.45, 2.75) is 32.5 Å². The van der Waals surface area contributed by atoms with Crippen LogP contribution in [0.1, 0.15) is 31.9 Å². The SMILES string of the molecule is CCNC(CCN(CC)CC(F)(F)F)c1ccc(Br)cc1. The van der Waals surface area contributed by atoms with Crippen molar-refractivity contribution in [3.63, 3.8) is 0 Å². The topological polar surface area (TPSA) is 15.3 Å². The molecule has 0 aliphatic heterocycles. The molecule has 6 heteroatoms. The number of benzene rings is 1. The predicted octanol–water partition coefficient (Wildman–Crippen LogP) is 4.37. The van der Waals surface area contributed by atoms with E-state index < -0.39 is 12.7 Å². The number of rotatable bonds is 8. The summed E-state index contributed by atoms with van der Waals surface area (Å²) in [5.41, 5.74) is 1.10. The van der Waals surface area contributed by atoms with Crippen LogP contribution in [0.2, 0.25) is 0 Å². The highest BCUT2D eigenvalue weighted by Crippen LogP contribution is 2.21. The summed E-state index contributed by atoms with van der Waals surface area (Å²) < 4.78 is 38.4. The van der Waals surface area contributed by atoms with Gasteiger partial charge < -0.3 is 5.32 Å². The lowest BCUT2D eigenvalue weighted by Crippen LogP contribution is -2.36. The van der Waals surface area contributed by atoms with E-state index in [4.69, 9.17) is 0 Å². The van der Waals surface area contributed by atoms with Crippen LogP contribution >= 0.6 is 15.9 Å². The van der Waals surface area contributed by atoms with Gasteiger partial charge in [-0.25, -0.2) is 0 Å². The molecule has 0 bridgehead atoms. The fourth-order valence-electron chi connectivity index (χ4n) is 2.24. The van der Waals surface area contributed by atoms with Crippen LogP contribution in [0.15, 0.2) is 28.7 Å². The molecule has 1 aromatic rings. The molecular formula is C15H22BrF3N2. The third-order valence-corrected chi connectivity index (χ3v) is 3.84. The average molecular weight is 367 g/mol. The molecule has 2 nitrogen and oxygen atoms in total. The molecule has 0 heterocycles. The van der Waals surface area contributed by atoms with E-state index in [0.29, 0.717) is 19.5 Å². The highest BCUT2D eigenvalue weighted by Gasteiger charge is 2.30. The number of nitrogens with zero attached hydrogens (tertiary/aromatic N) is 1. The van der Waals surface area contributed by atoms with Gasteiger partial charge in [0.05, 0.1) is 6.54 Å². The normalized spacial score (nSPS) is 13.7. The number of hydrogen-bond donors (Lipinski definition) is 1. The molecule has 1 unspecified atom stereocenters. The van der Waals surface area contributed by atoms with Crippen LogP contribution < -0.4 is 5.32 Å². The molecule has 0 radical (unpaired) electrons. The van der Waals surface area contributed by atoms with E-state index in [1.807, 2.05) is 31.2 Å². The second-order valence-electron chi connectivity index (χ2n) is 4.93. The van der Waals surface area contributed by atoms with Gasteiger partial charge in [0.2, 0.25) is 0 Å². The van der Waals surface area contributed by atoms with Crippen molar-refractivity contribution < 1.29 is 13.2 Å². The van der Waals surface area contributed by atoms with Gasteiger partial charge in [0.15, 0.2) is 0 Å². The Morgan fingerprint density at radius 3 is 2.29 bits per heavy atom. The first-order chi connectivity index (χ1) is 9.85. The number of hydrogen-bond acceptors (Lipinski definition) is 2. The van der Waals surface area contributed by atoms with E-state index >= 15 is 0 Å². The summed E-state index contributed by atoms with van der Waals surface area (Å²) in [7, 11) is 0. The first-order valence-electron chi connectivity index (χ1n) is 7.13. The summed E-state index contributed by atoms with van der Waals surface area (Å²) in [6.45, 7) is 4.52. The summed E-state index contributed by atoms with van der Waals surface area (Å²) in [5, 5.41) is 3.34. The van der Waals surface area contributed by atoms with E-state index in [2.05, 4.69) is 21.2 Å². The maximum Gasteiger partial charge on any atom is 0.401 e. The Bertz CT molecular complexity index is 406. The molecule has 1 N–H and O–H groups in total. The Labute approximate surface area is 132 Å². The van der Waals surface area contributed by atoms with E-state index in [-0.39, 0.29) is 6.04 Å². The second-order valence-corrected chi connectivity index (χ2v) is 5.85. The zero-order valence-electron chi connectivity index (χ0n) is 12.4. The van der Waals surface area contributed by atoms with E-state index in [1.54, 1.807) is 6.92 Å². The van der Waals surface area contributed by atoms with Crippen LogP contribution in [-0.4, -0.2) is 37.3 Å². The molecule has 0 spiro atoms. The van der Waals surface area contributed by atoms with Crippen LogP contribution in [0.5, 0.6) is 0 Å². The van der Waals surface area contributed by atoms with Gasteiger partial charge in [-0.2, -0.15) is 13.2 Å². The van der Waals surface area contributed by atoms with Gasteiger partial charge in [0, 0.05) is 17.1 Å². The Hall–Kier alpha value is -0.590. The average Bonchev–Trinajstić information content (AvgIpc) is 2.41. The van der Waals surface area contributed by atoms with Crippen molar-refractivity contribution in [3.05, 3.63) is 34.3 Å². The zero-order valence-corrected chi connectivity index (χ0v) is 14.0. The third kappa shape index (κ3) is 7.29. The van der Waals surface area contributed by atoms with Gasteiger partial charge in [0.25, 0.3) is 0 Å². The molecule has 0 aromatic heterocycles. The summed E-state index contributed by atoms with van der Waals surface area (Å²) in [6.07, 6.45) is -3.49. The third-order valence-electron chi connectivity index (χ3n) is 3.31. The zero-order chi connectivity index (χ0) is 15.9. The molecule has 0 aliphatic carbocycles. The van der Waals surface area contributed by atoms with Crippen molar-refractivity contribution in [2.75, 3.05) is 26.2 Å². The number of alkyl halides is 3. The minimum atomic E-state index is -4.14. The van der Waals surface area contributed by atoms with E-state index in [0.717, 1.165) is 16.6 Å². The quantitative estimate of drug-likeness (QED) is 0.734. The highest BCUT2D eigenvalue weighted by molar-refractivity contribution is 9.10. The van der Waals surface area contributed by atoms with Crippen molar-refractivity contribution in [2.24, 2.45) is 0 Å². The first-order valence-corrected chi connectivity index (χ1v) is 7.93. The van der Waals surface area contributed by atoms with Crippen LogP contribution in [0.3, 0.4) is 0 Å². The number of nitrogens with one attached hydrogen (secondary N) is 1. The Morgan fingerprint density at radius 1 is 1.19 bits per heavy atom. The molecule has 0 saturated carbocycles. The lowest BCUT2D eigenvalue weighted by atomic mass is 10.0. The molecular weight excluding hydrogens is 345 g/mol. The lowest BCUT2D eigenvalue weighted by molar-refractivity contribution is -0.145. The molecule has 120 valence electrons. The van der Waals surface area contributed by atoms with Gasteiger partial charge in [-0.15, -0.1) is 0 Å². The van der Waals surface area contributed by atoms with Crippen LogP contribution in [0, 0.1) is 0 Å². The standard InChI is InChI=1S/C15H22BrF3N2/c1-3-20-14(12-5-7-13(16)8-6-12)9-10-21(4-2)11-15(17,18)19/h5-8,14,20H,3-4,9-11H2,1-2H3. The summed E-state index contributed by atoms with van der Waals surface area (Å²) in [6, 6.07) is 7.97. The van der Waals surface area contributed by atoms with Crippen molar-refractivity contribution in [1.82, 2.24) is 10.2 Å². The summed E-state index contributed by atoms with van der Waals surface area (Å²) >= 11 is 3.39. The van der Waals surface area contributed by atoms with Gasteiger partial charge in [-0.05, 0) is 37.2 Å². The smallest absolute Gasteiger partial charge is 0.310 e. The van der Waals surface area contributed by atoms with Gasteiger partial charge in [-0.3, -0.25) is 4.90 Å². The predicted molar refractivity (Wildman–Crippen MR) is 83.3 cm³/mol. The molecule has 1 rings (SSSR count). The highest BCUT2D eigenvalue weighted by atomic mass is 79.9. The van der Waals surface area contributed by atoms with E-state index in [9.17, 15) is 13.2 Å². The van der Waals surface area contributed by atoms with Crippen LogP contribution in [0.25, 0.3) is 0 Å². The molecule has 1 aromatic carbocycles. The Morgan fingerprint density at radius 2 is 1.81 bits per heavy atom. The summed E-state index contributed by atoms with van der Waals surface area (Å²) in [4.78, 5) is 1.43. The van der Waals surface area contributed by atoms with Gasteiger partial charge in [0.1, 0.15) is 0 Å². The van der Waals surface area contributed by atoms with Crippen LogP contribution in [0.4, 0.5) is 13.2 Å². The van der Waals surface area contributed by atoms with Gasteiger partial charge in [-0.1, -0.05) is 41.9 Å². The maximum atomic E-state index is 12.5. The van der Waals surface area contributed by atoms with E-state index in [1.165, 1.54) is 4.90 Å². The Balaban J connectivity index is 2.63. The second kappa shape index (κ2) is 8.76. The molecule has 0 saturated heterocycles. The number of halogens is 4. The van der Waals surface area contributed by atoms with Gasteiger partial charge >= 0.3 is 6.18 Å². The Kier molecular flexibility index (Phi) is 7.70. The largest absolute Gasteiger partial charge is 0.401 e. The minimum absolute atomic E-state index is 0.0744. The fraction of sp³-hybridized carbons (Fsp3) is 0.600. The van der Waals surface area contributed by atoms with Crippen LogP contribution in [-0.2, 0) is 0 Å². The fourth-order valence-corrected chi connectivity index (χ4v) is 2.51. The lowest BCUT2D eigenvalue weighted by Gasteiger charge is -2.25. The first kappa shape index (κ1) is 18.5. The molecule has 1 atom stereocenters. The molecule has 0 amide bonds. The minimum Gasteiger partial charge on any atom is -0.310 e.